The molecule has 0 atom stereocenters. The van der Waals surface area contributed by atoms with Crippen molar-refractivity contribution >= 4 is 17.4 Å². The van der Waals surface area contributed by atoms with Crippen LogP contribution >= 0.6 is 0 Å². The predicted octanol–water partition coefficient (Wildman–Crippen LogP) is 5.61. The number of nitrogens with one attached hydrogen (secondary N) is 2. The molecule has 6 nitrogen and oxygen atoms in total. The Labute approximate surface area is 193 Å². The maximum atomic E-state index is 12.7. The topological polar surface area (TPSA) is 76.1 Å². The summed E-state index contributed by atoms with van der Waals surface area (Å²) in [5.74, 6) is 2.00. The lowest BCUT2D eigenvalue weighted by atomic mass is 10.1. The lowest BCUT2D eigenvalue weighted by molar-refractivity contribution is 0.0951. The van der Waals surface area contributed by atoms with Gasteiger partial charge in [-0.15, -0.1) is 0 Å². The molecule has 3 aromatic carbocycles. The van der Waals surface area contributed by atoms with E-state index in [1.807, 2.05) is 66.7 Å². The van der Waals surface area contributed by atoms with E-state index in [2.05, 4.69) is 27.5 Å². The Bertz CT molecular complexity index is 1190. The van der Waals surface area contributed by atoms with Crippen LogP contribution < -0.4 is 15.4 Å². The SMILES string of the molecule is CCCOc1ccc(CNC(=O)c2cccc(Nc3ccnc(-c4ccccc4)n3)c2)cc1. The average molecular weight is 439 g/mol. The molecule has 0 radical (unpaired) electrons. The Kier molecular flexibility index (Phi) is 7.28. The van der Waals surface area contributed by atoms with Gasteiger partial charge in [0.15, 0.2) is 5.82 Å². The van der Waals surface area contributed by atoms with Gasteiger partial charge in [0.2, 0.25) is 0 Å². The van der Waals surface area contributed by atoms with Gasteiger partial charge in [0.25, 0.3) is 5.91 Å². The molecule has 0 unspecified atom stereocenters. The number of hydrogen-bond acceptors (Lipinski definition) is 5. The van der Waals surface area contributed by atoms with E-state index in [0.29, 0.717) is 30.4 Å². The lowest BCUT2D eigenvalue weighted by Crippen LogP contribution is -2.22. The number of rotatable bonds is 9. The summed E-state index contributed by atoms with van der Waals surface area (Å²) in [6.45, 7) is 3.21. The summed E-state index contributed by atoms with van der Waals surface area (Å²) in [6.07, 6.45) is 2.68. The smallest absolute Gasteiger partial charge is 0.251 e. The van der Waals surface area contributed by atoms with Gasteiger partial charge in [0.05, 0.1) is 6.61 Å². The van der Waals surface area contributed by atoms with Crippen molar-refractivity contribution in [2.45, 2.75) is 19.9 Å². The van der Waals surface area contributed by atoms with Gasteiger partial charge in [0.1, 0.15) is 11.6 Å². The minimum absolute atomic E-state index is 0.141. The Morgan fingerprint density at radius 2 is 1.76 bits per heavy atom. The summed E-state index contributed by atoms with van der Waals surface area (Å²) >= 11 is 0. The van der Waals surface area contributed by atoms with Gasteiger partial charge >= 0.3 is 0 Å². The van der Waals surface area contributed by atoms with Crippen LogP contribution in [0.25, 0.3) is 11.4 Å². The monoisotopic (exact) mass is 438 g/mol. The van der Waals surface area contributed by atoms with Crippen LogP contribution in [0.4, 0.5) is 11.5 Å². The molecule has 0 bridgehead atoms. The van der Waals surface area contributed by atoms with E-state index in [1.54, 1.807) is 24.4 Å². The highest BCUT2D eigenvalue weighted by atomic mass is 16.5. The third-order valence-corrected chi connectivity index (χ3v) is 4.93. The molecular weight excluding hydrogens is 412 g/mol. The van der Waals surface area contributed by atoms with Gasteiger partial charge in [-0.2, -0.15) is 0 Å². The number of anilines is 2. The molecule has 2 N–H and O–H groups in total. The molecule has 4 aromatic rings. The normalized spacial score (nSPS) is 10.5. The molecule has 1 heterocycles. The van der Waals surface area contributed by atoms with Crippen molar-refractivity contribution in [1.82, 2.24) is 15.3 Å². The summed E-state index contributed by atoms with van der Waals surface area (Å²) in [5.41, 5.74) is 3.30. The first-order valence-electron chi connectivity index (χ1n) is 11.0. The summed E-state index contributed by atoms with van der Waals surface area (Å²) in [7, 11) is 0. The number of benzene rings is 3. The van der Waals surface area contributed by atoms with Gasteiger partial charge in [-0.05, 0) is 48.4 Å². The van der Waals surface area contributed by atoms with Crippen LogP contribution in [0.2, 0.25) is 0 Å². The molecule has 1 aromatic heterocycles. The van der Waals surface area contributed by atoms with Crippen LogP contribution in [0.5, 0.6) is 5.75 Å². The molecule has 0 fully saturated rings. The van der Waals surface area contributed by atoms with Crippen LogP contribution in [0.15, 0.2) is 91.1 Å². The number of carbonyl (C=O) groups excluding carboxylic acids is 1. The predicted molar refractivity (Wildman–Crippen MR) is 131 cm³/mol. The molecule has 166 valence electrons. The molecule has 1 amide bonds. The maximum Gasteiger partial charge on any atom is 0.251 e. The fourth-order valence-corrected chi connectivity index (χ4v) is 3.25. The zero-order valence-corrected chi connectivity index (χ0v) is 18.5. The number of aromatic nitrogens is 2. The van der Waals surface area contributed by atoms with Crippen LogP contribution in [-0.4, -0.2) is 22.5 Å². The van der Waals surface area contributed by atoms with Crippen molar-refractivity contribution in [3.63, 3.8) is 0 Å². The van der Waals surface area contributed by atoms with E-state index >= 15 is 0 Å². The molecule has 6 heteroatoms. The fourth-order valence-electron chi connectivity index (χ4n) is 3.25. The minimum Gasteiger partial charge on any atom is -0.494 e. The Balaban J connectivity index is 1.38. The largest absolute Gasteiger partial charge is 0.494 e. The fraction of sp³-hybridized carbons (Fsp3) is 0.148. The van der Waals surface area contributed by atoms with Gasteiger partial charge in [0, 0.05) is 29.6 Å². The van der Waals surface area contributed by atoms with Crippen molar-refractivity contribution in [3.05, 3.63) is 102 Å². The van der Waals surface area contributed by atoms with Gasteiger partial charge in [-0.25, -0.2) is 9.97 Å². The molecular formula is C27H26N4O2. The zero-order chi connectivity index (χ0) is 22.9. The van der Waals surface area contributed by atoms with E-state index in [0.717, 1.165) is 29.0 Å². The Morgan fingerprint density at radius 1 is 0.939 bits per heavy atom. The molecule has 33 heavy (non-hydrogen) atoms. The number of nitrogens with zero attached hydrogens (tertiary/aromatic N) is 2. The third-order valence-electron chi connectivity index (χ3n) is 4.93. The second kappa shape index (κ2) is 10.9. The maximum absolute atomic E-state index is 12.7. The van der Waals surface area contributed by atoms with E-state index < -0.39 is 0 Å². The van der Waals surface area contributed by atoms with E-state index in [-0.39, 0.29) is 5.91 Å². The summed E-state index contributed by atoms with van der Waals surface area (Å²) in [6, 6.07) is 26.7. The molecule has 0 aliphatic heterocycles. The van der Waals surface area contributed by atoms with Crippen molar-refractivity contribution in [2.75, 3.05) is 11.9 Å². The van der Waals surface area contributed by atoms with Gasteiger partial charge < -0.3 is 15.4 Å². The van der Waals surface area contributed by atoms with Crippen molar-refractivity contribution in [3.8, 4) is 17.1 Å². The van der Waals surface area contributed by atoms with Crippen molar-refractivity contribution in [2.24, 2.45) is 0 Å². The van der Waals surface area contributed by atoms with Crippen molar-refractivity contribution in [1.29, 1.82) is 0 Å². The Morgan fingerprint density at radius 3 is 2.55 bits per heavy atom. The van der Waals surface area contributed by atoms with E-state index in [1.165, 1.54) is 0 Å². The number of hydrogen-bond donors (Lipinski definition) is 2. The van der Waals surface area contributed by atoms with Crippen LogP contribution in [0.3, 0.4) is 0 Å². The van der Waals surface area contributed by atoms with Crippen LogP contribution in [0.1, 0.15) is 29.3 Å². The number of carbonyl (C=O) groups is 1. The van der Waals surface area contributed by atoms with E-state index in [9.17, 15) is 4.79 Å². The minimum atomic E-state index is -0.141. The second-order valence-electron chi connectivity index (χ2n) is 7.51. The standard InChI is InChI=1S/C27H26N4O2/c1-2-17-33-24-13-11-20(12-14-24)19-29-27(32)22-9-6-10-23(18-22)30-25-15-16-28-26(31-25)21-7-4-3-5-8-21/h3-16,18H,2,17,19H2,1H3,(H,29,32)(H,28,30,31). The summed E-state index contributed by atoms with van der Waals surface area (Å²) in [5, 5.41) is 6.23. The highest BCUT2D eigenvalue weighted by molar-refractivity contribution is 5.95. The van der Waals surface area contributed by atoms with Crippen molar-refractivity contribution < 1.29 is 9.53 Å². The summed E-state index contributed by atoms with van der Waals surface area (Å²) < 4.78 is 5.60. The van der Waals surface area contributed by atoms with Crippen LogP contribution in [0, 0.1) is 0 Å². The number of amides is 1. The molecule has 0 saturated carbocycles. The Hall–Kier alpha value is -4.19. The number of ether oxygens (including phenoxy) is 1. The molecule has 0 saturated heterocycles. The average Bonchev–Trinajstić information content (AvgIpc) is 2.87. The third kappa shape index (κ3) is 6.17. The summed E-state index contributed by atoms with van der Waals surface area (Å²) in [4.78, 5) is 21.6. The van der Waals surface area contributed by atoms with Gasteiger partial charge in [-0.1, -0.05) is 55.5 Å². The molecule has 0 spiro atoms. The van der Waals surface area contributed by atoms with E-state index in [4.69, 9.17) is 4.74 Å². The highest BCUT2D eigenvalue weighted by Crippen LogP contribution is 2.20. The molecule has 0 aliphatic rings. The lowest BCUT2D eigenvalue weighted by Gasteiger charge is -2.10. The molecule has 0 aliphatic carbocycles. The second-order valence-corrected chi connectivity index (χ2v) is 7.51. The quantitative estimate of drug-likeness (QED) is 0.355. The highest BCUT2D eigenvalue weighted by Gasteiger charge is 2.08. The first-order valence-corrected chi connectivity index (χ1v) is 11.0. The first kappa shape index (κ1) is 22.0. The van der Waals surface area contributed by atoms with Crippen LogP contribution in [-0.2, 0) is 6.54 Å². The first-order chi connectivity index (χ1) is 16.2. The zero-order valence-electron chi connectivity index (χ0n) is 18.5. The molecule has 4 rings (SSSR count). The van der Waals surface area contributed by atoms with Gasteiger partial charge in [-0.3, -0.25) is 4.79 Å².